The number of aliphatic hydroxyl groups is 1. The summed E-state index contributed by atoms with van der Waals surface area (Å²) < 4.78 is 11.8. The van der Waals surface area contributed by atoms with Gasteiger partial charge in [0.1, 0.15) is 12.2 Å². The first-order chi connectivity index (χ1) is 10.3. The van der Waals surface area contributed by atoms with Gasteiger partial charge in [-0.25, -0.2) is 0 Å². The van der Waals surface area contributed by atoms with Crippen molar-refractivity contribution in [3.8, 4) is 11.5 Å². The number of ether oxygens (including phenoxy) is 2. The van der Waals surface area contributed by atoms with Crippen LogP contribution < -0.4 is 14.8 Å². The predicted molar refractivity (Wildman–Crippen MR) is 77.8 cm³/mol. The van der Waals surface area contributed by atoms with Crippen molar-refractivity contribution in [1.82, 2.24) is 5.32 Å². The summed E-state index contributed by atoms with van der Waals surface area (Å²) in [5.41, 5.74) is 2.57. The van der Waals surface area contributed by atoms with E-state index in [1.165, 1.54) is 11.1 Å². The van der Waals surface area contributed by atoms with Gasteiger partial charge in [0.05, 0.1) is 7.11 Å². The molecule has 0 saturated carbocycles. The molecule has 2 unspecified atom stereocenters. The summed E-state index contributed by atoms with van der Waals surface area (Å²) in [4.78, 5) is 0. The molecule has 5 rings (SSSR count). The maximum absolute atomic E-state index is 10.5. The molecule has 0 aromatic heterocycles. The van der Waals surface area contributed by atoms with E-state index in [2.05, 4.69) is 17.5 Å². The molecule has 2 bridgehead atoms. The zero-order valence-electron chi connectivity index (χ0n) is 12.0. The molecule has 1 saturated heterocycles. The number of hydrogen-bond acceptors (Lipinski definition) is 4. The van der Waals surface area contributed by atoms with Crippen LogP contribution in [0.3, 0.4) is 0 Å². The van der Waals surface area contributed by atoms with Crippen molar-refractivity contribution in [2.45, 2.75) is 36.5 Å². The van der Waals surface area contributed by atoms with Crippen LogP contribution in [0, 0.1) is 5.92 Å². The summed E-state index contributed by atoms with van der Waals surface area (Å²) in [6.07, 6.45) is 5.43. The Bertz CT molecular complexity index is 656. The summed E-state index contributed by atoms with van der Waals surface area (Å²) in [5, 5.41) is 14.1. The van der Waals surface area contributed by atoms with Gasteiger partial charge >= 0.3 is 0 Å². The number of rotatable bonds is 1. The highest BCUT2D eigenvalue weighted by molar-refractivity contribution is 5.62. The predicted octanol–water partition coefficient (Wildman–Crippen LogP) is 1.16. The molecule has 2 aliphatic heterocycles. The lowest BCUT2D eigenvalue weighted by atomic mass is 9.54. The molecule has 4 nitrogen and oxygen atoms in total. The van der Waals surface area contributed by atoms with E-state index in [0.29, 0.717) is 12.0 Å². The molecule has 1 spiro atoms. The summed E-state index contributed by atoms with van der Waals surface area (Å²) in [6, 6.07) is 4.62. The first-order valence-electron chi connectivity index (χ1n) is 7.72. The van der Waals surface area contributed by atoms with E-state index in [4.69, 9.17) is 9.47 Å². The van der Waals surface area contributed by atoms with Crippen molar-refractivity contribution in [3.63, 3.8) is 0 Å². The fraction of sp³-hybridized carbons (Fsp3) is 0.529. The number of nitrogens with one attached hydrogen (secondary N) is 1. The fourth-order valence-corrected chi connectivity index (χ4v) is 5.13. The van der Waals surface area contributed by atoms with Crippen molar-refractivity contribution in [2.75, 3.05) is 13.7 Å². The lowest BCUT2D eigenvalue weighted by Gasteiger charge is -2.53. The van der Waals surface area contributed by atoms with Gasteiger partial charge in [0.25, 0.3) is 0 Å². The Morgan fingerprint density at radius 3 is 3.14 bits per heavy atom. The van der Waals surface area contributed by atoms with Crippen LogP contribution in [0.25, 0.3) is 0 Å². The van der Waals surface area contributed by atoms with E-state index < -0.39 is 6.10 Å². The molecular weight excluding hydrogens is 266 g/mol. The molecule has 5 atom stereocenters. The standard InChI is InChI=1S/C17H19NO3/c1-20-13-5-2-9-8-11-10-3-4-12(19)16-17(10,6-7-18-11)14(9)15(13)21-16/h2-5,10-12,16,18-19H,6-8H2,1H3/t10?,11-,12+,16?,17+/m1/s1. The zero-order chi connectivity index (χ0) is 14.2. The first-order valence-corrected chi connectivity index (χ1v) is 7.72. The van der Waals surface area contributed by atoms with E-state index >= 15 is 0 Å². The Hall–Kier alpha value is -1.52. The quantitative estimate of drug-likeness (QED) is 0.760. The second kappa shape index (κ2) is 3.81. The topological polar surface area (TPSA) is 50.7 Å². The maximum Gasteiger partial charge on any atom is 0.165 e. The molecule has 2 aliphatic carbocycles. The maximum atomic E-state index is 10.5. The van der Waals surface area contributed by atoms with Crippen molar-refractivity contribution in [1.29, 1.82) is 0 Å². The van der Waals surface area contributed by atoms with Gasteiger partial charge < -0.3 is 19.9 Å². The zero-order valence-corrected chi connectivity index (χ0v) is 12.0. The van der Waals surface area contributed by atoms with Crippen molar-refractivity contribution in [2.24, 2.45) is 5.92 Å². The highest BCUT2D eigenvalue weighted by Gasteiger charge is 2.63. The molecule has 2 N–H and O–H groups in total. The second-order valence-corrected chi connectivity index (χ2v) is 6.63. The number of hydrogen-bond donors (Lipinski definition) is 2. The third kappa shape index (κ3) is 1.25. The molecule has 110 valence electrons. The van der Waals surface area contributed by atoms with Crippen LogP contribution >= 0.6 is 0 Å². The van der Waals surface area contributed by atoms with Gasteiger partial charge in [0.2, 0.25) is 0 Å². The van der Waals surface area contributed by atoms with Gasteiger partial charge in [0, 0.05) is 22.9 Å². The Morgan fingerprint density at radius 2 is 2.29 bits per heavy atom. The Kier molecular flexibility index (Phi) is 2.19. The molecule has 1 aromatic rings. The highest BCUT2D eigenvalue weighted by Crippen LogP contribution is 2.61. The van der Waals surface area contributed by atoms with Crippen LogP contribution in [0.15, 0.2) is 24.3 Å². The smallest absolute Gasteiger partial charge is 0.165 e. The van der Waals surface area contributed by atoms with Crippen LogP contribution in [-0.2, 0) is 11.8 Å². The fourth-order valence-electron chi connectivity index (χ4n) is 5.13. The Balaban J connectivity index is 1.84. The van der Waals surface area contributed by atoms with Gasteiger partial charge in [-0.3, -0.25) is 0 Å². The van der Waals surface area contributed by atoms with Crippen LogP contribution in [-0.4, -0.2) is 37.0 Å². The molecule has 2 heterocycles. The summed E-state index contributed by atoms with van der Waals surface area (Å²) in [7, 11) is 1.68. The summed E-state index contributed by atoms with van der Waals surface area (Å²) in [6.45, 7) is 0.984. The van der Waals surface area contributed by atoms with Crippen LogP contribution in [0.1, 0.15) is 17.5 Å². The van der Waals surface area contributed by atoms with Gasteiger partial charge in [-0.1, -0.05) is 18.2 Å². The minimum Gasteiger partial charge on any atom is -0.493 e. The normalized spacial score (nSPS) is 41.4. The third-order valence-electron chi connectivity index (χ3n) is 5.88. The van der Waals surface area contributed by atoms with Crippen molar-refractivity contribution in [3.05, 3.63) is 35.4 Å². The number of methoxy groups -OCH3 is 1. The van der Waals surface area contributed by atoms with Gasteiger partial charge in [-0.15, -0.1) is 0 Å². The van der Waals surface area contributed by atoms with E-state index in [1.54, 1.807) is 7.11 Å². The molecule has 21 heavy (non-hydrogen) atoms. The van der Waals surface area contributed by atoms with Crippen molar-refractivity contribution >= 4 is 0 Å². The highest BCUT2D eigenvalue weighted by atomic mass is 16.5. The second-order valence-electron chi connectivity index (χ2n) is 6.63. The number of aliphatic hydroxyl groups excluding tert-OH is 1. The largest absolute Gasteiger partial charge is 0.493 e. The van der Waals surface area contributed by atoms with Gasteiger partial charge in [-0.2, -0.15) is 0 Å². The molecule has 0 radical (unpaired) electrons. The molecule has 4 aliphatic rings. The molecular formula is C17H19NO3. The number of piperidine rings is 1. The third-order valence-corrected chi connectivity index (χ3v) is 5.88. The molecule has 1 fully saturated rings. The minimum absolute atomic E-state index is 0.0818. The van der Waals surface area contributed by atoms with E-state index in [9.17, 15) is 5.11 Å². The van der Waals surface area contributed by atoms with Crippen LogP contribution in [0.2, 0.25) is 0 Å². The Morgan fingerprint density at radius 1 is 1.38 bits per heavy atom. The van der Waals surface area contributed by atoms with Gasteiger partial charge in [-0.05, 0) is 31.0 Å². The molecule has 0 amide bonds. The molecule has 4 heteroatoms. The Labute approximate surface area is 123 Å². The average Bonchev–Trinajstić information content (AvgIpc) is 2.83. The first kappa shape index (κ1) is 12.1. The SMILES string of the molecule is COc1ccc2c3c1OC1[C@@H](O)C=CC4[C@@H](C2)NCC[C@]314. The van der Waals surface area contributed by atoms with Crippen molar-refractivity contribution < 1.29 is 14.6 Å². The lowest BCUT2D eigenvalue weighted by Crippen LogP contribution is -2.64. The van der Waals surface area contributed by atoms with E-state index in [-0.39, 0.29) is 11.5 Å². The summed E-state index contributed by atoms with van der Waals surface area (Å²) in [5.74, 6) is 2.06. The minimum atomic E-state index is -0.539. The van der Waals surface area contributed by atoms with Crippen LogP contribution in [0.4, 0.5) is 0 Å². The van der Waals surface area contributed by atoms with E-state index in [1.807, 2.05) is 12.1 Å². The van der Waals surface area contributed by atoms with Crippen LogP contribution in [0.5, 0.6) is 11.5 Å². The lowest BCUT2D eigenvalue weighted by molar-refractivity contribution is -0.0177. The van der Waals surface area contributed by atoms with E-state index in [0.717, 1.165) is 30.9 Å². The summed E-state index contributed by atoms with van der Waals surface area (Å²) >= 11 is 0. The van der Waals surface area contributed by atoms with Gasteiger partial charge in [0.15, 0.2) is 11.5 Å². The average molecular weight is 285 g/mol. The number of benzene rings is 1. The monoisotopic (exact) mass is 285 g/mol. The molecule has 1 aromatic carbocycles.